The Balaban J connectivity index is 1.47. The number of hydrogen-bond acceptors (Lipinski definition) is 3. The standard InChI is InChI=1S/C32H40O3/c1-4-6-7-8-9-10-24-34-25(3)27-16-18-30(19-17-27)32(33)35-31-22-20-29(21-23-31)28-14-12-26(11-5-2)13-15-28/h12-23,25H,4-11,24H2,1-3H3. The second-order valence-corrected chi connectivity index (χ2v) is 9.26. The van der Waals surface area contributed by atoms with Crippen LogP contribution in [0, 0.1) is 0 Å². The minimum atomic E-state index is -0.353. The van der Waals surface area contributed by atoms with Crippen LogP contribution in [0.4, 0.5) is 0 Å². The molecule has 0 N–H and O–H groups in total. The number of benzene rings is 3. The summed E-state index contributed by atoms with van der Waals surface area (Å²) in [6.45, 7) is 7.26. The number of hydrogen-bond donors (Lipinski definition) is 0. The van der Waals surface area contributed by atoms with E-state index in [9.17, 15) is 4.79 Å². The Morgan fingerprint density at radius 2 is 1.31 bits per heavy atom. The zero-order valence-electron chi connectivity index (χ0n) is 21.6. The molecule has 0 spiro atoms. The summed E-state index contributed by atoms with van der Waals surface area (Å²) in [7, 11) is 0. The lowest BCUT2D eigenvalue weighted by Gasteiger charge is -2.14. The van der Waals surface area contributed by atoms with Gasteiger partial charge in [-0.1, -0.05) is 101 Å². The highest BCUT2D eigenvalue weighted by atomic mass is 16.5. The van der Waals surface area contributed by atoms with Crippen LogP contribution in [0.3, 0.4) is 0 Å². The fourth-order valence-corrected chi connectivity index (χ4v) is 4.16. The Morgan fingerprint density at radius 1 is 0.714 bits per heavy atom. The maximum atomic E-state index is 12.6. The molecule has 1 atom stereocenters. The lowest BCUT2D eigenvalue weighted by molar-refractivity contribution is 0.0626. The smallest absolute Gasteiger partial charge is 0.343 e. The van der Waals surface area contributed by atoms with Crippen LogP contribution in [0.2, 0.25) is 0 Å². The number of unbranched alkanes of at least 4 members (excludes halogenated alkanes) is 5. The normalized spacial score (nSPS) is 11.9. The number of carbonyl (C=O) groups is 1. The number of rotatable bonds is 14. The molecule has 0 aliphatic carbocycles. The van der Waals surface area contributed by atoms with Crippen molar-refractivity contribution in [2.75, 3.05) is 6.61 Å². The predicted molar refractivity (Wildman–Crippen MR) is 145 cm³/mol. The molecular formula is C32H40O3. The summed E-state index contributed by atoms with van der Waals surface area (Å²) in [5.41, 5.74) is 5.22. The average Bonchev–Trinajstić information content (AvgIpc) is 2.89. The van der Waals surface area contributed by atoms with Gasteiger partial charge in [0.25, 0.3) is 0 Å². The number of ether oxygens (including phenoxy) is 2. The van der Waals surface area contributed by atoms with Gasteiger partial charge in [-0.3, -0.25) is 0 Å². The number of esters is 1. The van der Waals surface area contributed by atoms with E-state index in [0.29, 0.717) is 11.3 Å². The molecule has 3 aromatic carbocycles. The lowest BCUT2D eigenvalue weighted by atomic mass is 10.0. The van der Waals surface area contributed by atoms with Gasteiger partial charge >= 0.3 is 5.97 Å². The Labute approximate surface area is 211 Å². The van der Waals surface area contributed by atoms with Gasteiger partial charge < -0.3 is 9.47 Å². The van der Waals surface area contributed by atoms with Gasteiger partial charge in [0.05, 0.1) is 11.7 Å². The van der Waals surface area contributed by atoms with Crippen LogP contribution >= 0.6 is 0 Å². The van der Waals surface area contributed by atoms with Crippen LogP contribution in [0.1, 0.15) is 93.3 Å². The van der Waals surface area contributed by atoms with Gasteiger partial charge in [0.15, 0.2) is 0 Å². The quantitative estimate of drug-likeness (QED) is 0.133. The summed E-state index contributed by atoms with van der Waals surface area (Å²) in [5, 5.41) is 0. The maximum Gasteiger partial charge on any atom is 0.343 e. The van der Waals surface area contributed by atoms with Gasteiger partial charge in [-0.15, -0.1) is 0 Å². The van der Waals surface area contributed by atoms with E-state index in [1.54, 1.807) is 0 Å². The minimum absolute atomic E-state index is 0.0132. The van der Waals surface area contributed by atoms with Crippen molar-refractivity contribution in [1.29, 1.82) is 0 Å². The molecule has 0 aliphatic rings. The molecule has 3 nitrogen and oxygen atoms in total. The monoisotopic (exact) mass is 472 g/mol. The molecule has 0 amide bonds. The second kappa shape index (κ2) is 14.5. The van der Waals surface area contributed by atoms with Crippen molar-refractivity contribution in [1.82, 2.24) is 0 Å². The van der Waals surface area contributed by atoms with Crippen molar-refractivity contribution in [2.24, 2.45) is 0 Å². The number of carbonyl (C=O) groups excluding carboxylic acids is 1. The second-order valence-electron chi connectivity index (χ2n) is 9.26. The molecule has 0 bridgehead atoms. The molecule has 1 unspecified atom stereocenters. The van der Waals surface area contributed by atoms with E-state index >= 15 is 0 Å². The molecule has 0 saturated heterocycles. The highest BCUT2D eigenvalue weighted by Crippen LogP contribution is 2.24. The van der Waals surface area contributed by atoms with Crippen LogP contribution in [0.5, 0.6) is 5.75 Å². The molecule has 186 valence electrons. The van der Waals surface area contributed by atoms with Gasteiger partial charge in [-0.25, -0.2) is 4.79 Å². The lowest BCUT2D eigenvalue weighted by Crippen LogP contribution is -2.09. The van der Waals surface area contributed by atoms with Gasteiger partial charge in [-0.05, 0) is 66.3 Å². The summed E-state index contributed by atoms with van der Waals surface area (Å²) in [6.07, 6.45) is 9.79. The SMILES string of the molecule is CCCCCCCCOC(C)c1ccc(C(=O)Oc2ccc(-c3ccc(CCC)cc3)cc2)cc1. The van der Waals surface area contributed by atoms with E-state index in [0.717, 1.165) is 42.6 Å². The minimum Gasteiger partial charge on any atom is -0.423 e. The molecule has 0 heterocycles. The van der Waals surface area contributed by atoms with E-state index in [1.165, 1.54) is 37.7 Å². The zero-order valence-corrected chi connectivity index (χ0v) is 21.6. The van der Waals surface area contributed by atoms with Crippen molar-refractivity contribution in [3.8, 4) is 16.9 Å². The Hall–Kier alpha value is -2.91. The Bertz CT molecular complexity index is 1000. The van der Waals surface area contributed by atoms with E-state index in [1.807, 2.05) is 48.5 Å². The van der Waals surface area contributed by atoms with Gasteiger partial charge in [0, 0.05) is 6.61 Å². The van der Waals surface area contributed by atoms with E-state index in [4.69, 9.17) is 9.47 Å². The average molecular weight is 473 g/mol. The predicted octanol–water partition coefficient (Wildman–Crippen LogP) is 8.96. The molecule has 0 radical (unpaired) electrons. The van der Waals surface area contributed by atoms with Crippen molar-refractivity contribution in [3.63, 3.8) is 0 Å². The third kappa shape index (κ3) is 8.67. The molecule has 3 rings (SSSR count). The summed E-state index contributed by atoms with van der Waals surface area (Å²) < 4.78 is 11.6. The first-order valence-electron chi connectivity index (χ1n) is 13.2. The fraction of sp³-hybridized carbons (Fsp3) is 0.406. The highest BCUT2D eigenvalue weighted by molar-refractivity contribution is 5.91. The third-order valence-corrected chi connectivity index (χ3v) is 6.37. The molecule has 0 aliphatic heterocycles. The summed E-state index contributed by atoms with van der Waals surface area (Å²) in [5.74, 6) is 0.190. The van der Waals surface area contributed by atoms with Gasteiger partial charge in [0.2, 0.25) is 0 Å². The summed E-state index contributed by atoms with van der Waals surface area (Å²) in [6, 6.07) is 23.8. The first-order chi connectivity index (χ1) is 17.1. The van der Waals surface area contributed by atoms with Crippen LogP contribution < -0.4 is 4.74 Å². The van der Waals surface area contributed by atoms with E-state index < -0.39 is 0 Å². The van der Waals surface area contributed by atoms with Crippen molar-refractivity contribution < 1.29 is 14.3 Å². The van der Waals surface area contributed by atoms with Crippen LogP contribution in [-0.4, -0.2) is 12.6 Å². The Morgan fingerprint density at radius 3 is 1.94 bits per heavy atom. The Kier molecular flexibility index (Phi) is 11.0. The molecule has 0 saturated carbocycles. The topological polar surface area (TPSA) is 35.5 Å². The zero-order chi connectivity index (χ0) is 24.9. The summed E-state index contributed by atoms with van der Waals surface area (Å²) >= 11 is 0. The molecule has 35 heavy (non-hydrogen) atoms. The largest absolute Gasteiger partial charge is 0.423 e. The number of aryl methyl sites for hydroxylation is 1. The molecule has 3 aromatic rings. The van der Waals surface area contributed by atoms with Crippen molar-refractivity contribution in [3.05, 3.63) is 89.5 Å². The van der Waals surface area contributed by atoms with Crippen LogP contribution in [-0.2, 0) is 11.2 Å². The van der Waals surface area contributed by atoms with Crippen molar-refractivity contribution in [2.45, 2.75) is 78.2 Å². The van der Waals surface area contributed by atoms with Gasteiger partial charge in [-0.2, -0.15) is 0 Å². The fourth-order valence-electron chi connectivity index (χ4n) is 4.16. The summed E-state index contributed by atoms with van der Waals surface area (Å²) in [4.78, 5) is 12.6. The van der Waals surface area contributed by atoms with Crippen LogP contribution in [0.25, 0.3) is 11.1 Å². The molecule has 3 heteroatoms. The first kappa shape index (κ1) is 26.7. The van der Waals surface area contributed by atoms with Crippen LogP contribution in [0.15, 0.2) is 72.8 Å². The highest BCUT2D eigenvalue weighted by Gasteiger charge is 2.11. The van der Waals surface area contributed by atoms with E-state index in [2.05, 4.69) is 45.0 Å². The molecular weight excluding hydrogens is 432 g/mol. The maximum absolute atomic E-state index is 12.6. The molecule has 0 fully saturated rings. The van der Waals surface area contributed by atoms with Crippen molar-refractivity contribution >= 4 is 5.97 Å². The third-order valence-electron chi connectivity index (χ3n) is 6.37. The molecule has 0 aromatic heterocycles. The van der Waals surface area contributed by atoms with E-state index in [-0.39, 0.29) is 12.1 Å². The first-order valence-corrected chi connectivity index (χ1v) is 13.2. The van der Waals surface area contributed by atoms with Gasteiger partial charge in [0.1, 0.15) is 5.75 Å².